The zero-order chi connectivity index (χ0) is 13.8. The van der Waals surface area contributed by atoms with Crippen molar-refractivity contribution in [3.05, 3.63) is 0 Å². The van der Waals surface area contributed by atoms with Gasteiger partial charge in [-0.25, -0.2) is 0 Å². The molecule has 0 aromatic heterocycles. The van der Waals surface area contributed by atoms with E-state index in [2.05, 4.69) is 0 Å². The van der Waals surface area contributed by atoms with Gasteiger partial charge in [-0.15, -0.1) is 0 Å². The van der Waals surface area contributed by atoms with Gasteiger partial charge in [0.1, 0.15) is 11.4 Å². The van der Waals surface area contributed by atoms with Crippen molar-refractivity contribution >= 4 is 5.78 Å². The SMILES string of the molecule is CC1C(=O)C2CC3(C)COC2(C3O)C2(C)CCC12O. The molecule has 4 aliphatic rings. The van der Waals surface area contributed by atoms with Crippen LogP contribution in [0.25, 0.3) is 0 Å². The molecule has 1 saturated heterocycles. The first-order valence-corrected chi connectivity index (χ1v) is 7.31. The van der Waals surface area contributed by atoms with Crippen LogP contribution in [-0.4, -0.2) is 39.9 Å². The quantitative estimate of drug-likeness (QED) is 0.683. The van der Waals surface area contributed by atoms with Crippen LogP contribution >= 0.6 is 0 Å². The van der Waals surface area contributed by atoms with E-state index in [-0.39, 0.29) is 23.0 Å². The first kappa shape index (κ1) is 12.3. The Morgan fingerprint density at radius 3 is 2.53 bits per heavy atom. The third-order valence-electron chi connectivity index (χ3n) is 7.21. The second-order valence-corrected chi connectivity index (χ2v) is 7.78. The van der Waals surface area contributed by atoms with Crippen LogP contribution in [0, 0.1) is 22.7 Å². The van der Waals surface area contributed by atoms with E-state index in [4.69, 9.17) is 4.74 Å². The number of ether oxygens (including phenoxy) is 1. The van der Waals surface area contributed by atoms with Gasteiger partial charge in [0, 0.05) is 16.7 Å². The van der Waals surface area contributed by atoms with Crippen molar-refractivity contribution in [3.63, 3.8) is 0 Å². The Hall–Kier alpha value is -0.450. The molecule has 19 heavy (non-hydrogen) atoms. The van der Waals surface area contributed by atoms with Crippen LogP contribution in [-0.2, 0) is 9.53 Å². The minimum Gasteiger partial charge on any atom is -0.389 e. The van der Waals surface area contributed by atoms with Gasteiger partial charge in [0.2, 0.25) is 0 Å². The van der Waals surface area contributed by atoms with Crippen molar-refractivity contribution in [3.8, 4) is 0 Å². The van der Waals surface area contributed by atoms with Crippen LogP contribution in [0.5, 0.6) is 0 Å². The number of hydrogen-bond acceptors (Lipinski definition) is 4. The zero-order valence-electron chi connectivity index (χ0n) is 11.8. The maximum Gasteiger partial charge on any atom is 0.144 e. The number of carbonyl (C=O) groups excluding carboxylic acids is 1. The summed E-state index contributed by atoms with van der Waals surface area (Å²) in [5, 5.41) is 21.8. The molecule has 1 spiro atoms. The summed E-state index contributed by atoms with van der Waals surface area (Å²) >= 11 is 0. The van der Waals surface area contributed by atoms with Crippen molar-refractivity contribution in [2.45, 2.75) is 57.3 Å². The van der Waals surface area contributed by atoms with Crippen molar-refractivity contribution < 1.29 is 19.7 Å². The number of fused-ring (bicyclic) bond motifs is 2. The summed E-state index contributed by atoms with van der Waals surface area (Å²) < 4.78 is 6.05. The van der Waals surface area contributed by atoms with Gasteiger partial charge in [0.05, 0.1) is 24.2 Å². The van der Waals surface area contributed by atoms with Crippen LogP contribution in [0.3, 0.4) is 0 Å². The highest BCUT2D eigenvalue weighted by atomic mass is 16.5. The number of ketones is 1. The standard InChI is InChI=1S/C15H22O4/c1-8-10(16)9-6-12(2)7-19-15(9,11(12)17)13(3)4-5-14(8,13)18/h8-9,11,17-18H,4-7H2,1-3H3. The van der Waals surface area contributed by atoms with Gasteiger partial charge in [-0.05, 0) is 19.3 Å². The Bertz CT molecular complexity index is 491. The van der Waals surface area contributed by atoms with Crippen LogP contribution in [0.2, 0.25) is 0 Å². The summed E-state index contributed by atoms with van der Waals surface area (Å²) in [6.45, 7) is 6.35. The number of rotatable bonds is 0. The molecule has 7 atom stereocenters. The smallest absolute Gasteiger partial charge is 0.144 e. The third kappa shape index (κ3) is 0.903. The molecule has 0 aromatic rings. The highest BCUT2D eigenvalue weighted by Crippen LogP contribution is 2.74. The van der Waals surface area contributed by atoms with Crippen molar-refractivity contribution in [2.24, 2.45) is 22.7 Å². The van der Waals surface area contributed by atoms with Gasteiger partial charge >= 0.3 is 0 Å². The van der Waals surface area contributed by atoms with Crippen LogP contribution in [0.1, 0.15) is 40.0 Å². The zero-order valence-corrected chi connectivity index (χ0v) is 11.8. The number of hydrogen-bond donors (Lipinski definition) is 2. The maximum absolute atomic E-state index is 12.7. The summed E-state index contributed by atoms with van der Waals surface area (Å²) in [4.78, 5) is 12.7. The first-order valence-electron chi connectivity index (χ1n) is 7.31. The van der Waals surface area contributed by atoms with E-state index in [1.165, 1.54) is 0 Å². The second kappa shape index (κ2) is 2.92. The van der Waals surface area contributed by atoms with E-state index in [0.717, 1.165) is 6.42 Å². The Balaban J connectivity index is 1.94. The summed E-state index contributed by atoms with van der Waals surface area (Å²) in [6.07, 6.45) is 1.52. The van der Waals surface area contributed by atoms with Crippen LogP contribution in [0.15, 0.2) is 0 Å². The molecule has 106 valence electrons. The molecular formula is C15H22O4. The fourth-order valence-electron chi connectivity index (χ4n) is 5.72. The minimum absolute atomic E-state index is 0.0853. The molecule has 4 heteroatoms. The lowest BCUT2D eigenvalue weighted by Crippen LogP contribution is -2.78. The van der Waals surface area contributed by atoms with Crippen LogP contribution in [0.4, 0.5) is 0 Å². The average molecular weight is 266 g/mol. The number of aliphatic hydroxyl groups is 2. The van der Waals surface area contributed by atoms with Gasteiger partial charge in [-0.3, -0.25) is 4.79 Å². The average Bonchev–Trinajstić information content (AvgIpc) is 2.78. The minimum atomic E-state index is -1.00. The summed E-state index contributed by atoms with van der Waals surface area (Å²) in [5.41, 5.74) is -2.68. The van der Waals surface area contributed by atoms with Gasteiger partial charge in [0.15, 0.2) is 0 Å². The lowest BCUT2D eigenvalue weighted by Gasteiger charge is -2.68. The van der Waals surface area contributed by atoms with Gasteiger partial charge in [-0.1, -0.05) is 20.8 Å². The molecule has 0 aromatic carbocycles. The monoisotopic (exact) mass is 266 g/mol. The van der Waals surface area contributed by atoms with Crippen molar-refractivity contribution in [1.82, 2.24) is 0 Å². The molecule has 7 unspecified atom stereocenters. The van der Waals surface area contributed by atoms with E-state index in [0.29, 0.717) is 19.4 Å². The molecule has 0 radical (unpaired) electrons. The Kier molecular flexibility index (Phi) is 1.89. The topological polar surface area (TPSA) is 66.8 Å². The number of Topliss-reactive ketones (excluding diaryl/α,β-unsaturated/α-hetero) is 1. The number of aliphatic hydroxyl groups excluding tert-OH is 1. The fourth-order valence-corrected chi connectivity index (χ4v) is 5.72. The molecular weight excluding hydrogens is 244 g/mol. The number of carbonyl (C=O) groups is 1. The van der Waals surface area contributed by atoms with E-state index in [9.17, 15) is 15.0 Å². The largest absolute Gasteiger partial charge is 0.389 e. The van der Waals surface area contributed by atoms with Crippen LogP contribution < -0.4 is 0 Å². The Morgan fingerprint density at radius 1 is 1.32 bits per heavy atom. The second-order valence-electron chi connectivity index (χ2n) is 7.78. The summed E-state index contributed by atoms with van der Waals surface area (Å²) in [6, 6.07) is 0. The van der Waals surface area contributed by atoms with E-state index in [1.807, 2.05) is 20.8 Å². The Morgan fingerprint density at radius 2 is 2.00 bits per heavy atom. The van der Waals surface area contributed by atoms with Gasteiger partial charge in [0.25, 0.3) is 0 Å². The molecule has 0 amide bonds. The van der Waals surface area contributed by atoms with Crippen molar-refractivity contribution in [1.29, 1.82) is 0 Å². The molecule has 4 rings (SSSR count). The third-order valence-corrected chi connectivity index (χ3v) is 7.21. The molecule has 3 saturated carbocycles. The van der Waals surface area contributed by atoms with E-state index < -0.39 is 22.7 Å². The fraction of sp³-hybridized carbons (Fsp3) is 0.933. The molecule has 4 fully saturated rings. The molecule has 2 N–H and O–H groups in total. The molecule has 2 bridgehead atoms. The predicted octanol–water partition coefficient (Wildman–Crippen LogP) is 0.893. The maximum atomic E-state index is 12.7. The van der Waals surface area contributed by atoms with E-state index >= 15 is 0 Å². The molecule has 4 nitrogen and oxygen atoms in total. The predicted molar refractivity (Wildman–Crippen MR) is 67.4 cm³/mol. The summed E-state index contributed by atoms with van der Waals surface area (Å²) in [5.74, 6) is -0.510. The van der Waals surface area contributed by atoms with Crippen molar-refractivity contribution in [2.75, 3.05) is 6.61 Å². The van der Waals surface area contributed by atoms with Gasteiger partial charge < -0.3 is 14.9 Å². The highest BCUT2D eigenvalue weighted by molar-refractivity contribution is 5.88. The van der Waals surface area contributed by atoms with E-state index in [1.54, 1.807) is 0 Å². The lowest BCUT2D eigenvalue weighted by atomic mass is 9.40. The summed E-state index contributed by atoms with van der Waals surface area (Å²) in [7, 11) is 0. The lowest BCUT2D eigenvalue weighted by molar-refractivity contribution is -0.310. The highest BCUT2D eigenvalue weighted by Gasteiger charge is 2.84. The normalized spacial score (nSPS) is 66.6. The molecule has 1 aliphatic heterocycles. The molecule has 3 aliphatic carbocycles. The molecule has 1 heterocycles. The Labute approximate surface area is 113 Å². The van der Waals surface area contributed by atoms with Gasteiger partial charge in [-0.2, -0.15) is 0 Å². The first-order chi connectivity index (χ1) is 8.73.